The van der Waals surface area contributed by atoms with Crippen molar-refractivity contribution in [3.63, 3.8) is 0 Å². The smallest absolute Gasteiger partial charge is 0.872 e. The zero-order valence-corrected chi connectivity index (χ0v) is 41.0. The molecule has 0 saturated carbocycles. The SMILES string of the molecule is Oc1ccccc1.[Cl][Pt+].[Na+].[O-]c1ccccc1.[Pt].[c-]1c(C=Nc2ccccc2)cccc1C=Nc1ccccc1.[c-]1c(C=Nc2ccccc2)cccc1C=Nc1ccccc1. The van der Waals surface area contributed by atoms with Gasteiger partial charge in [-0.25, -0.2) is 0 Å². The van der Waals surface area contributed by atoms with Gasteiger partial charge in [0.05, 0.1) is 22.7 Å². The van der Waals surface area contributed by atoms with Crippen molar-refractivity contribution < 1.29 is 79.6 Å². The van der Waals surface area contributed by atoms with Crippen molar-refractivity contribution in [1.29, 1.82) is 0 Å². The van der Waals surface area contributed by atoms with Crippen LogP contribution in [0.4, 0.5) is 22.7 Å². The normalized spacial score (nSPS) is 10.0. The van der Waals surface area contributed by atoms with Gasteiger partial charge in [0.2, 0.25) is 0 Å². The van der Waals surface area contributed by atoms with E-state index in [9.17, 15) is 5.11 Å². The van der Waals surface area contributed by atoms with Crippen LogP contribution in [0.15, 0.2) is 238 Å². The maximum Gasteiger partial charge on any atom is 1.00 e. The van der Waals surface area contributed by atoms with E-state index in [-0.39, 0.29) is 56.4 Å². The van der Waals surface area contributed by atoms with Gasteiger partial charge in [-0.05, 0) is 85.5 Å². The molecule has 10 heteroatoms. The summed E-state index contributed by atoms with van der Waals surface area (Å²) in [5.74, 6) is 0.394. The molecule has 0 atom stereocenters. The van der Waals surface area contributed by atoms with Crippen LogP contribution >= 0.6 is 9.42 Å². The predicted octanol–water partition coefficient (Wildman–Crippen LogP) is 9.82. The van der Waals surface area contributed by atoms with Crippen LogP contribution in [-0.2, 0) is 39.8 Å². The second-order valence-corrected chi connectivity index (χ2v) is 12.1. The van der Waals surface area contributed by atoms with Gasteiger partial charge in [0, 0.05) is 21.1 Å². The molecule has 0 saturated heterocycles. The minimum absolute atomic E-state index is 0. The number of hydrogen-bond acceptors (Lipinski definition) is 6. The summed E-state index contributed by atoms with van der Waals surface area (Å²) in [6, 6.07) is 74.9. The Bertz CT molecular complexity index is 2160. The summed E-state index contributed by atoms with van der Waals surface area (Å²) < 4.78 is 0. The molecule has 0 fully saturated rings. The number of aliphatic imine (C=N–C) groups is 4. The van der Waals surface area contributed by atoms with Crippen LogP contribution < -0.4 is 34.7 Å². The molecule has 0 radical (unpaired) electrons. The number of aromatic hydroxyl groups is 1. The number of phenols is 1. The summed E-state index contributed by atoms with van der Waals surface area (Å²) >= 11 is 1.61. The maximum absolute atomic E-state index is 10.3. The average molecular weight is 1200 g/mol. The molecule has 0 unspecified atom stereocenters. The second-order valence-electron chi connectivity index (χ2n) is 12.1. The zero-order chi connectivity index (χ0) is 42.3. The summed E-state index contributed by atoms with van der Waals surface area (Å²) in [5, 5.41) is 18.9. The molecule has 8 rings (SSSR count). The topological polar surface area (TPSA) is 92.7 Å². The third kappa shape index (κ3) is 23.1. The van der Waals surface area contributed by atoms with Crippen molar-refractivity contribution in [2.75, 3.05) is 0 Å². The Kier molecular flexibility index (Phi) is 28.4. The van der Waals surface area contributed by atoms with Crippen molar-refractivity contribution >= 4 is 57.0 Å². The first-order chi connectivity index (χ1) is 29.6. The molecule has 0 aromatic heterocycles. The zero-order valence-electron chi connectivity index (χ0n) is 33.7. The van der Waals surface area contributed by atoms with E-state index in [4.69, 9.17) is 5.11 Å². The molecule has 62 heavy (non-hydrogen) atoms. The van der Waals surface area contributed by atoms with Crippen LogP contribution in [0.5, 0.6) is 11.5 Å². The number of para-hydroxylation sites is 6. The Morgan fingerprint density at radius 2 is 0.597 bits per heavy atom. The van der Waals surface area contributed by atoms with E-state index in [0.29, 0.717) is 5.75 Å². The third-order valence-corrected chi connectivity index (χ3v) is 7.62. The molecule has 310 valence electrons. The number of phenolic OH excluding ortho intramolecular Hbond substituents is 1. The van der Waals surface area contributed by atoms with Crippen LogP contribution in [0, 0.1) is 12.1 Å². The van der Waals surface area contributed by atoms with Gasteiger partial charge in [0.15, 0.2) is 0 Å². The molecular weight excluding hydrogens is 1160 g/mol. The molecule has 8 aromatic carbocycles. The fourth-order valence-corrected chi connectivity index (χ4v) is 4.79. The van der Waals surface area contributed by atoms with Crippen LogP contribution in [0.25, 0.3) is 0 Å². The van der Waals surface area contributed by atoms with Gasteiger partial charge in [-0.1, -0.05) is 121 Å². The molecule has 0 aliphatic rings. The Balaban J connectivity index is 0.000000309. The molecule has 0 aliphatic heterocycles. The first-order valence-electron chi connectivity index (χ1n) is 18.6. The first-order valence-corrected chi connectivity index (χ1v) is 21.4. The van der Waals surface area contributed by atoms with Crippen molar-refractivity contribution in [1.82, 2.24) is 0 Å². The molecule has 0 bridgehead atoms. The number of nitrogens with zero attached hydrogens (tertiary/aromatic N) is 4. The van der Waals surface area contributed by atoms with Crippen molar-refractivity contribution in [3.05, 3.63) is 253 Å². The largest absolute Gasteiger partial charge is 1.00 e. The number of benzene rings is 8. The van der Waals surface area contributed by atoms with Gasteiger partial charge in [-0.2, -0.15) is 0 Å². The fraction of sp³-hybridized carbons (Fsp3) is 0. The summed E-state index contributed by atoms with van der Waals surface area (Å²) in [6.07, 6.45) is 7.26. The molecule has 0 heterocycles. The van der Waals surface area contributed by atoms with Crippen LogP contribution in [0.2, 0.25) is 0 Å². The van der Waals surface area contributed by atoms with Crippen LogP contribution in [0.1, 0.15) is 22.3 Å². The van der Waals surface area contributed by atoms with Gasteiger partial charge < -0.3 is 10.2 Å². The Labute approximate surface area is 417 Å². The predicted molar refractivity (Wildman–Crippen MR) is 245 cm³/mol. The van der Waals surface area contributed by atoms with Crippen molar-refractivity contribution in [3.8, 4) is 11.5 Å². The molecule has 0 aliphatic carbocycles. The summed E-state index contributed by atoms with van der Waals surface area (Å²) in [4.78, 5) is 17.7. The Morgan fingerprint density at radius 1 is 0.371 bits per heavy atom. The van der Waals surface area contributed by atoms with Crippen molar-refractivity contribution in [2.45, 2.75) is 0 Å². The van der Waals surface area contributed by atoms with Gasteiger partial charge in [-0.3, -0.25) is 20.0 Å². The fourth-order valence-electron chi connectivity index (χ4n) is 4.79. The van der Waals surface area contributed by atoms with E-state index in [1.54, 1.807) is 55.2 Å². The van der Waals surface area contributed by atoms with Gasteiger partial charge in [-0.15, -0.1) is 76.5 Å². The number of halogens is 1. The Hall–Kier alpha value is -5.29. The van der Waals surface area contributed by atoms with E-state index in [0.717, 1.165) is 45.0 Å². The van der Waals surface area contributed by atoms with Gasteiger partial charge in [0.1, 0.15) is 5.75 Å². The van der Waals surface area contributed by atoms with Gasteiger partial charge >= 0.3 is 57.7 Å². The Morgan fingerprint density at radius 3 is 0.790 bits per heavy atom. The minimum atomic E-state index is 0. The number of rotatable bonds is 8. The molecule has 0 amide bonds. The average Bonchev–Trinajstić information content (AvgIpc) is 3.32. The maximum atomic E-state index is 10.3. The van der Waals surface area contributed by atoms with E-state index in [1.807, 2.05) is 195 Å². The van der Waals surface area contributed by atoms with E-state index >= 15 is 0 Å². The molecule has 6 nitrogen and oxygen atoms in total. The second kappa shape index (κ2) is 33.3. The summed E-state index contributed by atoms with van der Waals surface area (Å²) in [6.45, 7) is 0. The molecule has 1 N–H and O–H groups in total. The summed E-state index contributed by atoms with van der Waals surface area (Å²) in [5.41, 5.74) is 7.44. The van der Waals surface area contributed by atoms with Crippen molar-refractivity contribution in [2.24, 2.45) is 20.0 Å². The van der Waals surface area contributed by atoms with Crippen LogP contribution in [0.3, 0.4) is 0 Å². The molecule has 0 spiro atoms. The standard InChI is InChI=1S/2C20H15N2.2C6H6O.ClH.Na.2Pt/c2*1-3-10-19(11-4-1)21-15-17-8-7-9-18(14-17)16-22-20-12-5-2-6-13-20;2*7-6-4-2-1-3-5-6;;;;/h2*1-13,15-16H;2*1-5,7H;1H;;;/q2*-1;;;;+1;;+2/p-2. The molecule has 8 aromatic rings. The number of hydrogen-bond donors (Lipinski definition) is 1. The van der Waals surface area contributed by atoms with Gasteiger partial charge in [0.25, 0.3) is 0 Å². The quantitative estimate of drug-likeness (QED) is 0.0933. The summed E-state index contributed by atoms with van der Waals surface area (Å²) in [7, 11) is 4.61. The van der Waals surface area contributed by atoms with E-state index < -0.39 is 0 Å². The molecular formula is C52H41ClN4NaO2Pt2-. The first kappa shape index (κ1) is 52.8. The van der Waals surface area contributed by atoms with Crippen LogP contribution in [-0.4, -0.2) is 30.0 Å². The van der Waals surface area contributed by atoms with E-state index in [1.165, 1.54) is 12.1 Å². The minimum Gasteiger partial charge on any atom is -0.872 e. The third-order valence-electron chi connectivity index (χ3n) is 7.62. The monoisotopic (exact) mass is 1200 g/mol. The van der Waals surface area contributed by atoms with E-state index in [2.05, 4.69) is 41.5 Å².